The molecule has 3 unspecified atom stereocenters. The van der Waals surface area contributed by atoms with Gasteiger partial charge in [0.2, 0.25) is 0 Å². The second kappa shape index (κ2) is 4.06. The van der Waals surface area contributed by atoms with Crippen LogP contribution >= 0.6 is 0 Å². The molecule has 1 heterocycles. The third-order valence-electron chi connectivity index (χ3n) is 4.59. The fraction of sp³-hybridized carbons (Fsp3) is 1.00. The van der Waals surface area contributed by atoms with E-state index in [-0.39, 0.29) is 0 Å². The van der Waals surface area contributed by atoms with Crippen molar-refractivity contribution in [1.29, 1.82) is 0 Å². The molecule has 0 amide bonds. The maximum Gasteiger partial charge on any atom is 0.0101 e. The number of rotatable bonds is 5. The minimum Gasteiger partial charge on any atom is -0.314 e. The molecule has 0 aromatic rings. The van der Waals surface area contributed by atoms with Crippen molar-refractivity contribution >= 4 is 0 Å². The Morgan fingerprint density at radius 2 is 2.13 bits per heavy atom. The molecule has 1 saturated heterocycles. The molecule has 3 aliphatic rings. The van der Waals surface area contributed by atoms with E-state index >= 15 is 0 Å². The molecule has 15 heavy (non-hydrogen) atoms. The molecule has 2 heteroatoms. The Balaban J connectivity index is 1.41. The van der Waals surface area contributed by atoms with Crippen LogP contribution < -0.4 is 5.32 Å². The smallest absolute Gasteiger partial charge is 0.0101 e. The Labute approximate surface area is 93.4 Å². The lowest BCUT2D eigenvalue weighted by atomic mass is 10.1. The van der Waals surface area contributed by atoms with E-state index in [9.17, 15) is 0 Å². The van der Waals surface area contributed by atoms with E-state index in [1.54, 1.807) is 0 Å². The Hall–Kier alpha value is -0.0800. The van der Waals surface area contributed by atoms with Gasteiger partial charge in [-0.15, -0.1) is 0 Å². The third kappa shape index (κ3) is 2.21. The lowest BCUT2D eigenvalue weighted by Crippen LogP contribution is -2.40. The summed E-state index contributed by atoms with van der Waals surface area (Å²) in [4.78, 5) is 2.78. The van der Waals surface area contributed by atoms with Gasteiger partial charge in [0.05, 0.1) is 0 Å². The standard InChI is InChI=1S/C13H24N2/c1-10(6-7-14-12-3-4-12)15-9-11-2-5-13(15)8-11/h10-14H,2-9H2,1H3. The number of fused-ring (bicyclic) bond motifs is 2. The predicted octanol–water partition coefficient (Wildman–Crippen LogP) is 2.00. The van der Waals surface area contributed by atoms with Crippen LogP contribution in [0.3, 0.4) is 0 Å². The topological polar surface area (TPSA) is 15.3 Å². The first kappa shape index (κ1) is 10.1. The van der Waals surface area contributed by atoms with Gasteiger partial charge in [0.25, 0.3) is 0 Å². The summed E-state index contributed by atoms with van der Waals surface area (Å²) in [6.45, 7) is 5.06. The first-order chi connectivity index (χ1) is 7.33. The van der Waals surface area contributed by atoms with Gasteiger partial charge in [-0.05, 0) is 57.9 Å². The monoisotopic (exact) mass is 208 g/mol. The summed E-state index contributed by atoms with van der Waals surface area (Å²) in [6.07, 6.45) is 8.67. The molecule has 0 aromatic carbocycles. The highest BCUT2D eigenvalue weighted by molar-refractivity contribution is 4.94. The highest BCUT2D eigenvalue weighted by Gasteiger charge is 2.39. The number of hydrogen-bond acceptors (Lipinski definition) is 2. The number of nitrogens with one attached hydrogen (secondary N) is 1. The largest absolute Gasteiger partial charge is 0.314 e. The van der Waals surface area contributed by atoms with Crippen molar-refractivity contribution in [2.24, 2.45) is 5.92 Å². The third-order valence-corrected chi connectivity index (χ3v) is 4.59. The van der Waals surface area contributed by atoms with Crippen LogP contribution in [0.1, 0.15) is 45.4 Å². The predicted molar refractivity (Wildman–Crippen MR) is 62.9 cm³/mol. The van der Waals surface area contributed by atoms with Crippen molar-refractivity contribution in [2.45, 2.75) is 63.6 Å². The van der Waals surface area contributed by atoms with Gasteiger partial charge in [0, 0.05) is 24.7 Å². The van der Waals surface area contributed by atoms with E-state index in [0.29, 0.717) is 0 Å². The van der Waals surface area contributed by atoms with Crippen molar-refractivity contribution in [3.05, 3.63) is 0 Å². The molecule has 1 aliphatic heterocycles. The SMILES string of the molecule is CC(CCNC1CC1)N1CC2CCC1C2. The van der Waals surface area contributed by atoms with Crippen molar-refractivity contribution in [3.63, 3.8) is 0 Å². The molecule has 2 nitrogen and oxygen atoms in total. The summed E-state index contributed by atoms with van der Waals surface area (Å²) in [6, 6.07) is 2.64. The molecule has 0 radical (unpaired) electrons. The Morgan fingerprint density at radius 1 is 1.27 bits per heavy atom. The molecule has 1 N–H and O–H groups in total. The van der Waals surface area contributed by atoms with Gasteiger partial charge in [0.1, 0.15) is 0 Å². The zero-order chi connectivity index (χ0) is 10.3. The highest BCUT2D eigenvalue weighted by atomic mass is 15.2. The van der Waals surface area contributed by atoms with Gasteiger partial charge in [-0.25, -0.2) is 0 Å². The van der Waals surface area contributed by atoms with Crippen LogP contribution in [0.15, 0.2) is 0 Å². The van der Waals surface area contributed by atoms with Gasteiger partial charge < -0.3 is 5.32 Å². The van der Waals surface area contributed by atoms with Crippen LogP contribution in [0.5, 0.6) is 0 Å². The van der Waals surface area contributed by atoms with Crippen LogP contribution in [0.25, 0.3) is 0 Å². The highest BCUT2D eigenvalue weighted by Crippen LogP contribution is 2.38. The van der Waals surface area contributed by atoms with Gasteiger partial charge >= 0.3 is 0 Å². The minimum absolute atomic E-state index is 0.812. The maximum absolute atomic E-state index is 3.63. The summed E-state index contributed by atoms with van der Waals surface area (Å²) in [5.41, 5.74) is 0. The average Bonchev–Trinajstić information content (AvgIpc) is 2.83. The molecule has 3 atom stereocenters. The van der Waals surface area contributed by atoms with Crippen LogP contribution in [0.4, 0.5) is 0 Å². The van der Waals surface area contributed by atoms with Crippen LogP contribution in [-0.4, -0.2) is 36.1 Å². The molecule has 2 bridgehead atoms. The first-order valence-electron chi connectivity index (χ1n) is 6.82. The maximum atomic E-state index is 3.63. The van der Waals surface area contributed by atoms with Crippen molar-refractivity contribution < 1.29 is 0 Å². The Morgan fingerprint density at radius 3 is 2.73 bits per heavy atom. The van der Waals surface area contributed by atoms with Gasteiger partial charge in [-0.1, -0.05) is 0 Å². The van der Waals surface area contributed by atoms with Crippen LogP contribution in [0.2, 0.25) is 0 Å². The van der Waals surface area contributed by atoms with E-state index < -0.39 is 0 Å². The number of likely N-dealkylation sites (tertiary alicyclic amines) is 1. The molecule has 2 aliphatic carbocycles. The fourth-order valence-corrected chi connectivity index (χ4v) is 3.45. The summed E-state index contributed by atoms with van der Waals surface area (Å²) in [7, 11) is 0. The molecule has 86 valence electrons. The van der Waals surface area contributed by atoms with Gasteiger partial charge in [0.15, 0.2) is 0 Å². The van der Waals surface area contributed by atoms with Gasteiger partial charge in [-0.2, -0.15) is 0 Å². The van der Waals surface area contributed by atoms with E-state index in [2.05, 4.69) is 17.1 Å². The molecular formula is C13H24N2. The van der Waals surface area contributed by atoms with Crippen LogP contribution in [-0.2, 0) is 0 Å². The number of hydrogen-bond donors (Lipinski definition) is 1. The molecule has 0 aromatic heterocycles. The minimum atomic E-state index is 0.812. The lowest BCUT2D eigenvalue weighted by molar-refractivity contribution is 0.152. The van der Waals surface area contributed by atoms with E-state index in [4.69, 9.17) is 0 Å². The molecular weight excluding hydrogens is 184 g/mol. The zero-order valence-corrected chi connectivity index (χ0v) is 9.91. The zero-order valence-electron chi connectivity index (χ0n) is 9.91. The summed E-state index contributed by atoms with van der Waals surface area (Å²) < 4.78 is 0. The van der Waals surface area contributed by atoms with E-state index in [1.807, 2.05) is 0 Å². The van der Waals surface area contributed by atoms with E-state index in [0.717, 1.165) is 24.0 Å². The first-order valence-corrected chi connectivity index (χ1v) is 6.82. The summed E-state index contributed by atoms with van der Waals surface area (Å²) >= 11 is 0. The second-order valence-corrected chi connectivity index (χ2v) is 5.90. The number of piperidine rings is 1. The fourth-order valence-electron chi connectivity index (χ4n) is 3.45. The van der Waals surface area contributed by atoms with Crippen molar-refractivity contribution in [3.8, 4) is 0 Å². The van der Waals surface area contributed by atoms with Crippen molar-refractivity contribution in [1.82, 2.24) is 10.2 Å². The van der Waals surface area contributed by atoms with Crippen LogP contribution in [0, 0.1) is 5.92 Å². The Kier molecular flexibility index (Phi) is 2.73. The molecule has 0 spiro atoms. The number of nitrogens with zero attached hydrogens (tertiary/aromatic N) is 1. The molecule has 3 fully saturated rings. The quantitative estimate of drug-likeness (QED) is 0.743. The summed E-state index contributed by atoms with van der Waals surface area (Å²) in [5.74, 6) is 1.05. The summed E-state index contributed by atoms with van der Waals surface area (Å²) in [5, 5.41) is 3.63. The normalized spacial score (nSPS) is 37.4. The lowest BCUT2D eigenvalue weighted by Gasteiger charge is -2.32. The second-order valence-electron chi connectivity index (χ2n) is 5.90. The molecule has 2 saturated carbocycles. The molecule has 3 rings (SSSR count). The Bertz CT molecular complexity index is 225. The van der Waals surface area contributed by atoms with E-state index in [1.165, 1.54) is 51.6 Å². The average molecular weight is 208 g/mol. The van der Waals surface area contributed by atoms with Gasteiger partial charge in [-0.3, -0.25) is 4.90 Å². The van der Waals surface area contributed by atoms with Crippen molar-refractivity contribution in [2.75, 3.05) is 13.1 Å².